The van der Waals surface area contributed by atoms with Crippen molar-refractivity contribution in [3.8, 4) is 0 Å². The lowest BCUT2D eigenvalue weighted by Crippen LogP contribution is -1.99. The molecule has 1 atom stereocenters. The molecule has 0 amide bonds. The van der Waals surface area contributed by atoms with Gasteiger partial charge in [-0.3, -0.25) is 0 Å². The second-order valence-corrected chi connectivity index (χ2v) is 5.08. The predicted octanol–water partition coefficient (Wildman–Crippen LogP) is 5.39. The summed E-state index contributed by atoms with van der Waals surface area (Å²) in [7, 11) is 0. The van der Waals surface area contributed by atoms with E-state index in [9.17, 15) is 0 Å². The number of hydrogen-bond acceptors (Lipinski definition) is 0. The summed E-state index contributed by atoms with van der Waals surface area (Å²) in [4.78, 5) is 0. The largest absolute Gasteiger partial charge is 0.103 e. The molecule has 0 heterocycles. The molecule has 17 heavy (non-hydrogen) atoms. The second kappa shape index (κ2) is 9.04. The Hall–Kier alpha value is -1.04. The van der Waals surface area contributed by atoms with Crippen LogP contribution in [0.25, 0.3) is 0 Å². The van der Waals surface area contributed by atoms with Crippen molar-refractivity contribution in [3.63, 3.8) is 0 Å². The van der Waals surface area contributed by atoms with Crippen molar-refractivity contribution in [2.24, 2.45) is 5.92 Å². The van der Waals surface area contributed by atoms with E-state index in [1.807, 2.05) is 6.08 Å². The number of unbranched alkanes of at least 4 members (excludes halogenated alkanes) is 4. The van der Waals surface area contributed by atoms with Gasteiger partial charge in [0.2, 0.25) is 0 Å². The molecule has 0 saturated heterocycles. The van der Waals surface area contributed by atoms with Crippen LogP contribution in [0.5, 0.6) is 0 Å². The Morgan fingerprint density at radius 2 is 1.76 bits per heavy atom. The fourth-order valence-corrected chi connectivity index (χ4v) is 2.25. The van der Waals surface area contributed by atoms with Gasteiger partial charge in [0.05, 0.1) is 0 Å². The molecule has 1 aromatic carbocycles. The van der Waals surface area contributed by atoms with Gasteiger partial charge in [-0.15, -0.1) is 6.58 Å². The summed E-state index contributed by atoms with van der Waals surface area (Å²) in [6.45, 7) is 6.13. The van der Waals surface area contributed by atoms with E-state index in [1.54, 1.807) is 0 Å². The quantitative estimate of drug-likeness (QED) is 0.394. The monoisotopic (exact) mass is 230 g/mol. The zero-order chi connectivity index (χ0) is 12.3. The molecule has 0 bridgehead atoms. The summed E-state index contributed by atoms with van der Waals surface area (Å²) in [6.07, 6.45) is 11.2. The molecule has 0 nitrogen and oxygen atoms in total. The van der Waals surface area contributed by atoms with Gasteiger partial charge in [0, 0.05) is 0 Å². The van der Waals surface area contributed by atoms with E-state index in [1.165, 1.54) is 50.5 Å². The van der Waals surface area contributed by atoms with Crippen molar-refractivity contribution in [2.45, 2.75) is 51.9 Å². The van der Waals surface area contributed by atoms with Gasteiger partial charge >= 0.3 is 0 Å². The van der Waals surface area contributed by atoms with Crippen molar-refractivity contribution in [2.75, 3.05) is 0 Å². The van der Waals surface area contributed by atoms with E-state index in [0.29, 0.717) is 0 Å². The highest BCUT2D eigenvalue weighted by atomic mass is 14.1. The fraction of sp³-hybridized carbons (Fsp3) is 0.529. The number of allylic oxidation sites excluding steroid dienone is 1. The van der Waals surface area contributed by atoms with Crippen LogP contribution in [0.2, 0.25) is 0 Å². The van der Waals surface area contributed by atoms with Crippen LogP contribution >= 0.6 is 0 Å². The van der Waals surface area contributed by atoms with E-state index < -0.39 is 0 Å². The van der Waals surface area contributed by atoms with Crippen LogP contribution in [0.15, 0.2) is 43.0 Å². The molecule has 1 rings (SSSR count). The molecule has 1 aromatic rings. The minimum absolute atomic E-state index is 0.816. The maximum Gasteiger partial charge on any atom is -0.0253 e. The van der Waals surface area contributed by atoms with Gasteiger partial charge in [-0.05, 0) is 30.7 Å². The molecule has 0 radical (unpaired) electrons. The lowest BCUT2D eigenvalue weighted by Gasteiger charge is -2.11. The summed E-state index contributed by atoms with van der Waals surface area (Å²) in [6, 6.07) is 10.8. The zero-order valence-electron chi connectivity index (χ0n) is 11.2. The summed E-state index contributed by atoms with van der Waals surface area (Å²) >= 11 is 0. The van der Waals surface area contributed by atoms with E-state index in [0.717, 1.165) is 5.92 Å². The Labute approximate surface area is 107 Å². The molecule has 94 valence electrons. The molecular weight excluding hydrogens is 204 g/mol. The Morgan fingerprint density at radius 1 is 1.06 bits per heavy atom. The molecule has 0 aromatic heterocycles. The van der Waals surface area contributed by atoms with Crippen LogP contribution in [0.3, 0.4) is 0 Å². The van der Waals surface area contributed by atoms with Gasteiger partial charge < -0.3 is 0 Å². The molecule has 0 aliphatic carbocycles. The van der Waals surface area contributed by atoms with Gasteiger partial charge in [-0.1, -0.05) is 69.0 Å². The summed E-state index contributed by atoms with van der Waals surface area (Å²) < 4.78 is 0. The average Bonchev–Trinajstić information content (AvgIpc) is 2.35. The molecule has 0 heteroatoms. The third-order valence-corrected chi connectivity index (χ3v) is 3.28. The van der Waals surface area contributed by atoms with Crippen LogP contribution in [-0.2, 0) is 6.42 Å². The topological polar surface area (TPSA) is 0 Å². The number of benzene rings is 1. The van der Waals surface area contributed by atoms with E-state index in [4.69, 9.17) is 0 Å². The van der Waals surface area contributed by atoms with Crippen LogP contribution in [0.1, 0.15) is 51.0 Å². The van der Waals surface area contributed by atoms with E-state index in [2.05, 4.69) is 43.8 Å². The minimum atomic E-state index is 0.816. The molecule has 0 spiro atoms. The first-order valence-electron chi connectivity index (χ1n) is 6.97. The summed E-state index contributed by atoms with van der Waals surface area (Å²) in [5.74, 6) is 0.816. The first kappa shape index (κ1) is 14.0. The van der Waals surface area contributed by atoms with Crippen LogP contribution in [0, 0.1) is 5.92 Å². The lowest BCUT2D eigenvalue weighted by molar-refractivity contribution is 0.485. The van der Waals surface area contributed by atoms with Gasteiger partial charge in [0.15, 0.2) is 0 Å². The van der Waals surface area contributed by atoms with E-state index in [-0.39, 0.29) is 0 Å². The molecule has 0 aliphatic rings. The molecule has 0 unspecified atom stereocenters. The Bertz CT molecular complexity index is 286. The van der Waals surface area contributed by atoms with Crippen LogP contribution < -0.4 is 0 Å². The zero-order valence-corrected chi connectivity index (χ0v) is 11.2. The third kappa shape index (κ3) is 6.99. The van der Waals surface area contributed by atoms with Crippen molar-refractivity contribution in [1.82, 2.24) is 0 Å². The molecule has 0 saturated carbocycles. The highest BCUT2D eigenvalue weighted by molar-refractivity contribution is 5.14. The van der Waals surface area contributed by atoms with Crippen LogP contribution in [0.4, 0.5) is 0 Å². The first-order valence-corrected chi connectivity index (χ1v) is 6.97. The average molecular weight is 230 g/mol. The number of hydrogen-bond donors (Lipinski definition) is 0. The van der Waals surface area contributed by atoms with Crippen molar-refractivity contribution in [3.05, 3.63) is 48.6 Å². The minimum Gasteiger partial charge on any atom is -0.103 e. The van der Waals surface area contributed by atoms with Crippen molar-refractivity contribution in [1.29, 1.82) is 0 Å². The Kier molecular flexibility index (Phi) is 7.46. The highest BCUT2D eigenvalue weighted by Gasteiger charge is 2.02. The molecular formula is C17H26. The maximum atomic E-state index is 3.75. The number of rotatable bonds is 9. The SMILES string of the molecule is C=CCCCCCC[C@H](C)Cc1ccccc1. The van der Waals surface area contributed by atoms with Crippen LogP contribution in [-0.4, -0.2) is 0 Å². The van der Waals surface area contributed by atoms with Gasteiger partial charge in [-0.2, -0.15) is 0 Å². The lowest BCUT2D eigenvalue weighted by atomic mass is 9.95. The van der Waals surface area contributed by atoms with Crippen molar-refractivity contribution < 1.29 is 0 Å². The highest BCUT2D eigenvalue weighted by Crippen LogP contribution is 2.16. The smallest absolute Gasteiger partial charge is 0.0253 e. The first-order chi connectivity index (χ1) is 8.33. The molecule has 0 fully saturated rings. The van der Waals surface area contributed by atoms with Crippen molar-refractivity contribution >= 4 is 0 Å². The standard InChI is InChI=1S/C17H26/c1-3-4-5-6-7-9-12-16(2)15-17-13-10-8-11-14-17/h3,8,10-11,13-14,16H,1,4-7,9,12,15H2,2H3/t16-/m0/s1. The predicted molar refractivity (Wildman–Crippen MR) is 77.2 cm³/mol. The second-order valence-electron chi connectivity index (χ2n) is 5.08. The van der Waals surface area contributed by atoms with E-state index >= 15 is 0 Å². The van der Waals surface area contributed by atoms with Gasteiger partial charge in [0.1, 0.15) is 0 Å². The van der Waals surface area contributed by atoms with Gasteiger partial charge in [0.25, 0.3) is 0 Å². The van der Waals surface area contributed by atoms with Gasteiger partial charge in [-0.25, -0.2) is 0 Å². The summed E-state index contributed by atoms with van der Waals surface area (Å²) in [5, 5.41) is 0. The Morgan fingerprint density at radius 3 is 2.47 bits per heavy atom. The maximum absolute atomic E-state index is 3.75. The third-order valence-electron chi connectivity index (χ3n) is 3.28. The Balaban J connectivity index is 2.05. The fourth-order valence-electron chi connectivity index (χ4n) is 2.25. The molecule has 0 N–H and O–H groups in total. The summed E-state index contributed by atoms with van der Waals surface area (Å²) in [5.41, 5.74) is 1.48. The molecule has 0 aliphatic heterocycles. The normalized spacial score (nSPS) is 12.3.